The van der Waals surface area contributed by atoms with E-state index >= 15 is 0 Å². The van der Waals surface area contributed by atoms with Crippen LogP contribution in [-0.2, 0) is 34.7 Å². The molecule has 1 saturated carbocycles. The minimum Gasteiger partial charge on any atom is -0.479 e. The summed E-state index contributed by atoms with van der Waals surface area (Å²) in [5, 5.41) is 41.2. The fourth-order valence-electron chi connectivity index (χ4n) is 4.30. The monoisotopic (exact) mass is 551 g/mol. The third-order valence-electron chi connectivity index (χ3n) is 6.41. The lowest BCUT2D eigenvalue weighted by Crippen LogP contribution is -2.39. The highest BCUT2D eigenvalue weighted by molar-refractivity contribution is 7.99. The van der Waals surface area contributed by atoms with Crippen molar-refractivity contribution in [1.29, 1.82) is 0 Å². The summed E-state index contributed by atoms with van der Waals surface area (Å²) in [7, 11) is 0. The van der Waals surface area contributed by atoms with Crippen molar-refractivity contribution in [3.05, 3.63) is 57.9 Å². The van der Waals surface area contributed by atoms with Gasteiger partial charge in [-0.2, -0.15) is 11.8 Å². The van der Waals surface area contributed by atoms with Gasteiger partial charge >= 0.3 is 11.9 Å². The van der Waals surface area contributed by atoms with Gasteiger partial charge in [-0.15, -0.1) is 0 Å². The smallest absolute Gasteiger partial charge is 0.335 e. The van der Waals surface area contributed by atoms with Gasteiger partial charge in [0, 0.05) is 17.2 Å². The van der Waals surface area contributed by atoms with Crippen molar-refractivity contribution in [1.82, 2.24) is 10.3 Å². The molecule has 6 N–H and O–H groups in total. The fourth-order valence-corrected chi connectivity index (χ4v) is 5.81. The Balaban J connectivity index is 0.000000325. The highest BCUT2D eigenvalue weighted by Gasteiger charge is 2.29. The normalized spacial score (nSPS) is 17.1. The summed E-state index contributed by atoms with van der Waals surface area (Å²) in [4.78, 5) is 24.2. The minimum absolute atomic E-state index is 0.708. The average molecular weight is 552 g/mol. The van der Waals surface area contributed by atoms with Crippen LogP contribution in [0.1, 0.15) is 48.1 Å². The van der Waals surface area contributed by atoms with Gasteiger partial charge in [-0.25, -0.2) is 9.59 Å². The quantitative estimate of drug-likeness (QED) is 0.274. The third kappa shape index (κ3) is 8.86. The molecule has 0 radical (unpaired) electrons. The van der Waals surface area contributed by atoms with E-state index in [4.69, 9.17) is 32.0 Å². The number of carboxylic acids is 2. The Morgan fingerprint density at radius 1 is 1.05 bits per heavy atom. The minimum atomic E-state index is -2.27. The number of hydrogen-bond donors (Lipinski definition) is 6. The van der Waals surface area contributed by atoms with Gasteiger partial charge in [0.1, 0.15) is 0 Å². The number of nitrogens with one attached hydrogen (secondary N) is 2. The highest BCUT2D eigenvalue weighted by Crippen LogP contribution is 2.32. The molecular weight excluding hydrogens is 518 g/mol. The number of pyridine rings is 1. The largest absolute Gasteiger partial charge is 0.479 e. The number of rotatable bonds is 9. The number of carboxylic acid groups (broad SMARTS) is 2. The summed E-state index contributed by atoms with van der Waals surface area (Å²) in [5.74, 6) is -2.46. The average Bonchev–Trinajstić information content (AvgIpc) is 3.30. The number of benzene rings is 1. The lowest BCUT2D eigenvalue weighted by atomic mass is 10.0. The lowest BCUT2D eigenvalue weighted by molar-refractivity contribution is -0.165. The Labute approximate surface area is 225 Å². The molecule has 1 fully saturated rings. The molecule has 37 heavy (non-hydrogen) atoms. The molecule has 0 unspecified atom stereocenters. The molecule has 11 heteroatoms. The molecule has 1 aliphatic carbocycles. The number of nitrogens with zero attached hydrogens (tertiary/aromatic N) is 1. The topological polar surface area (TPSA) is 152 Å². The maximum absolute atomic E-state index is 9.77. The molecule has 2 atom stereocenters. The molecule has 2 heterocycles. The first kappa shape index (κ1) is 29.2. The molecule has 0 saturated heterocycles. The van der Waals surface area contributed by atoms with Crippen LogP contribution in [-0.4, -0.2) is 67.9 Å². The molecule has 1 aliphatic heterocycles. The van der Waals surface area contributed by atoms with E-state index in [9.17, 15) is 9.59 Å². The molecule has 0 amide bonds. The maximum atomic E-state index is 9.77. The highest BCUT2D eigenvalue weighted by atomic mass is 35.5. The van der Waals surface area contributed by atoms with E-state index in [0.29, 0.717) is 6.54 Å². The van der Waals surface area contributed by atoms with E-state index in [1.807, 2.05) is 12.3 Å². The van der Waals surface area contributed by atoms with Gasteiger partial charge in [0.05, 0.1) is 22.9 Å². The molecule has 2 aromatic rings. The van der Waals surface area contributed by atoms with Crippen LogP contribution in [0.15, 0.2) is 30.5 Å². The van der Waals surface area contributed by atoms with Gasteiger partial charge in [-0.05, 0) is 67.6 Å². The summed E-state index contributed by atoms with van der Waals surface area (Å²) < 4.78 is 0. The second-order valence-electron chi connectivity index (χ2n) is 9.11. The first-order chi connectivity index (χ1) is 17.8. The molecule has 0 spiro atoms. The van der Waals surface area contributed by atoms with E-state index in [1.54, 1.807) is 0 Å². The second-order valence-corrected chi connectivity index (χ2v) is 10.8. The van der Waals surface area contributed by atoms with Crippen LogP contribution in [0.2, 0.25) is 5.02 Å². The van der Waals surface area contributed by atoms with E-state index in [1.165, 1.54) is 42.4 Å². The van der Waals surface area contributed by atoms with Crippen LogP contribution in [0.25, 0.3) is 0 Å². The van der Waals surface area contributed by atoms with Gasteiger partial charge in [0.15, 0.2) is 12.2 Å². The fraction of sp³-hybridized carbons (Fsp3) is 0.500. The molecule has 1 aromatic heterocycles. The zero-order valence-corrected chi connectivity index (χ0v) is 22.1. The van der Waals surface area contributed by atoms with Crippen LogP contribution in [0.5, 0.6) is 0 Å². The van der Waals surface area contributed by atoms with Gasteiger partial charge in [-0.1, -0.05) is 36.6 Å². The summed E-state index contributed by atoms with van der Waals surface area (Å²) in [6.45, 7) is 2.75. The number of aromatic nitrogens is 1. The van der Waals surface area contributed by atoms with Crippen molar-refractivity contribution in [2.45, 2.75) is 68.3 Å². The molecule has 202 valence electrons. The van der Waals surface area contributed by atoms with Crippen LogP contribution in [0, 0.1) is 0 Å². The van der Waals surface area contributed by atoms with Crippen molar-refractivity contribution in [2.24, 2.45) is 0 Å². The number of aliphatic carboxylic acids is 2. The summed E-state index contributed by atoms with van der Waals surface area (Å²) >= 11 is 8.60. The molecule has 1 aromatic carbocycles. The number of halogens is 1. The Bertz CT molecular complexity index is 1030. The number of aliphatic hydroxyl groups is 2. The molecule has 4 rings (SSSR count). The van der Waals surface area contributed by atoms with Gasteiger partial charge in [0.2, 0.25) is 0 Å². The first-order valence-electron chi connectivity index (χ1n) is 12.4. The third-order valence-corrected chi connectivity index (χ3v) is 8.17. The number of anilines is 1. The van der Waals surface area contributed by atoms with Crippen molar-refractivity contribution in [3.63, 3.8) is 0 Å². The second kappa shape index (κ2) is 14.5. The number of aliphatic hydroxyl groups excluding tert-OH is 2. The Morgan fingerprint density at radius 2 is 1.73 bits per heavy atom. The summed E-state index contributed by atoms with van der Waals surface area (Å²) in [5.41, 5.74) is 6.23. The van der Waals surface area contributed by atoms with Crippen molar-refractivity contribution in [3.8, 4) is 0 Å². The standard InChI is InChI=1S/C22H28ClN3S.C4H6O6/c23-21-8-6-17-9-11-24-12-10-20(17)22(21)26-14-18-7-5-16(13-25-18)15-27-19-3-1-2-4-19;5-1(3(7)8)2(6)4(9)10/h5-8,13,19,24,26H,1-4,9-12,14-15H2;1-2,5-6H,(H,7,8)(H,9,10)/t;1-,2-/m.1/s1. The zero-order valence-electron chi connectivity index (χ0n) is 20.5. The molecular formula is C26H34ClN3O6S. The van der Waals surface area contributed by atoms with Crippen molar-refractivity contribution < 1.29 is 30.0 Å². The number of thioether (sulfide) groups is 1. The molecule has 0 bridgehead atoms. The van der Waals surface area contributed by atoms with Crippen LogP contribution < -0.4 is 10.6 Å². The van der Waals surface area contributed by atoms with Crippen LogP contribution in [0.3, 0.4) is 0 Å². The molecule has 9 nitrogen and oxygen atoms in total. The van der Waals surface area contributed by atoms with E-state index < -0.39 is 24.1 Å². The van der Waals surface area contributed by atoms with E-state index in [2.05, 4.69) is 45.6 Å². The van der Waals surface area contributed by atoms with E-state index in [0.717, 1.165) is 53.3 Å². The Kier molecular flexibility index (Phi) is 11.5. The van der Waals surface area contributed by atoms with Crippen LogP contribution >= 0.6 is 23.4 Å². The molecule has 2 aliphatic rings. The van der Waals surface area contributed by atoms with Crippen molar-refractivity contribution in [2.75, 3.05) is 18.4 Å². The Morgan fingerprint density at radius 3 is 2.35 bits per heavy atom. The van der Waals surface area contributed by atoms with Gasteiger partial charge in [-0.3, -0.25) is 4.98 Å². The zero-order chi connectivity index (χ0) is 26.8. The summed E-state index contributed by atoms with van der Waals surface area (Å²) in [6.07, 6.45) is 5.17. The number of carbonyl (C=O) groups is 2. The van der Waals surface area contributed by atoms with E-state index in [-0.39, 0.29) is 0 Å². The van der Waals surface area contributed by atoms with Crippen molar-refractivity contribution >= 4 is 41.0 Å². The lowest BCUT2D eigenvalue weighted by Gasteiger charge is -2.16. The predicted molar refractivity (Wildman–Crippen MR) is 144 cm³/mol. The first-order valence-corrected chi connectivity index (χ1v) is 13.8. The number of fused-ring (bicyclic) bond motifs is 1. The summed E-state index contributed by atoms with van der Waals surface area (Å²) in [6, 6.07) is 8.56. The van der Waals surface area contributed by atoms with Crippen LogP contribution in [0.4, 0.5) is 5.69 Å². The maximum Gasteiger partial charge on any atom is 0.335 e. The Hall–Kier alpha value is -2.37. The van der Waals surface area contributed by atoms with Gasteiger partial charge < -0.3 is 31.1 Å². The number of hydrogen-bond acceptors (Lipinski definition) is 8. The predicted octanol–water partition coefficient (Wildman–Crippen LogP) is 3.09. The van der Waals surface area contributed by atoms with Gasteiger partial charge in [0.25, 0.3) is 0 Å². The SMILES string of the molecule is Clc1ccc2c(c1NCc1ccc(CSC3CCCC3)cn1)CCNCC2.O=C(O)[C@H](O)[C@@H](O)C(=O)O.